The van der Waals surface area contributed by atoms with Crippen LogP contribution in [0.3, 0.4) is 0 Å². The monoisotopic (exact) mass is 429 g/mol. The normalized spacial score (nSPS) is 42.9. The summed E-state index contributed by atoms with van der Waals surface area (Å²) in [5, 5.41) is 0. The van der Waals surface area contributed by atoms with E-state index in [9.17, 15) is 4.79 Å². The molecule has 0 bridgehead atoms. The first-order valence-corrected chi connectivity index (χ1v) is 13.3. The van der Waals surface area contributed by atoms with E-state index in [1.165, 1.54) is 51.4 Å². The Kier molecular flexibility index (Phi) is 6.54. The number of carbonyl (C=O) groups is 1. The Morgan fingerprint density at radius 1 is 1.10 bits per heavy atom. The number of hydrogen-bond acceptors (Lipinski definition) is 2. The van der Waals surface area contributed by atoms with Crippen molar-refractivity contribution < 1.29 is 9.53 Å². The Morgan fingerprint density at radius 3 is 2.58 bits per heavy atom. The van der Waals surface area contributed by atoms with Gasteiger partial charge in [-0.05, 0) is 91.3 Å². The molecule has 0 radical (unpaired) electrons. The smallest absolute Gasteiger partial charge is 0.404 e. The largest absolute Gasteiger partial charge is 0.446 e. The standard InChI is InChI=1S/C28H47NO2/c1-18(2)7-6-8-19(3)23-11-12-24-22-10-9-20-17-21(31-26(29)30)13-15-27(20,4)25(22)14-16-28(23,24)5/h9,18-19,21-25H,6-8,10-17H2,1-5H3,(H2,29,30)/t19-,21-,22-,23+,24-,25-,27-,28+/m0/s1. The average Bonchev–Trinajstić information content (AvgIpc) is 3.05. The van der Waals surface area contributed by atoms with E-state index in [4.69, 9.17) is 10.5 Å². The molecule has 4 rings (SSSR count). The van der Waals surface area contributed by atoms with Gasteiger partial charge in [0.25, 0.3) is 0 Å². The Morgan fingerprint density at radius 2 is 1.87 bits per heavy atom. The van der Waals surface area contributed by atoms with Crippen LogP contribution in [0.25, 0.3) is 0 Å². The van der Waals surface area contributed by atoms with Crippen molar-refractivity contribution in [3.8, 4) is 0 Å². The minimum absolute atomic E-state index is 0.00946. The van der Waals surface area contributed by atoms with Crippen molar-refractivity contribution in [2.24, 2.45) is 52.1 Å². The van der Waals surface area contributed by atoms with Crippen molar-refractivity contribution in [3.63, 3.8) is 0 Å². The second-order valence-corrected chi connectivity index (χ2v) is 12.6. The first-order chi connectivity index (χ1) is 14.6. The molecule has 3 heteroatoms. The third-order valence-corrected chi connectivity index (χ3v) is 10.5. The quantitative estimate of drug-likeness (QED) is 0.445. The first-order valence-electron chi connectivity index (χ1n) is 13.3. The number of amides is 1. The molecule has 0 aromatic heterocycles. The number of hydrogen-bond donors (Lipinski definition) is 1. The summed E-state index contributed by atoms with van der Waals surface area (Å²) >= 11 is 0. The van der Waals surface area contributed by atoms with Gasteiger partial charge in [-0.3, -0.25) is 0 Å². The number of allylic oxidation sites excluding steroid dienone is 1. The van der Waals surface area contributed by atoms with Crippen LogP contribution in [-0.4, -0.2) is 12.2 Å². The molecule has 0 spiro atoms. The number of primary amides is 1. The molecule has 4 aliphatic carbocycles. The van der Waals surface area contributed by atoms with Gasteiger partial charge in [0.2, 0.25) is 0 Å². The van der Waals surface area contributed by atoms with Crippen LogP contribution in [0.5, 0.6) is 0 Å². The second-order valence-electron chi connectivity index (χ2n) is 12.6. The van der Waals surface area contributed by atoms with E-state index >= 15 is 0 Å². The molecule has 0 heterocycles. The maximum absolute atomic E-state index is 11.3. The van der Waals surface area contributed by atoms with Gasteiger partial charge in [-0.25, -0.2) is 4.79 Å². The molecule has 0 aliphatic heterocycles. The van der Waals surface area contributed by atoms with Crippen LogP contribution in [0.4, 0.5) is 4.79 Å². The van der Waals surface area contributed by atoms with Gasteiger partial charge in [0.05, 0.1) is 0 Å². The zero-order valence-electron chi connectivity index (χ0n) is 20.8. The van der Waals surface area contributed by atoms with Gasteiger partial charge in [0.1, 0.15) is 6.10 Å². The number of fused-ring (bicyclic) bond motifs is 5. The lowest BCUT2D eigenvalue weighted by molar-refractivity contribution is -0.0578. The summed E-state index contributed by atoms with van der Waals surface area (Å²) in [5.74, 6) is 5.20. The van der Waals surface area contributed by atoms with Crippen molar-refractivity contribution in [3.05, 3.63) is 11.6 Å². The lowest BCUT2D eigenvalue weighted by Crippen LogP contribution is -2.51. The van der Waals surface area contributed by atoms with Crippen LogP contribution < -0.4 is 5.73 Å². The van der Waals surface area contributed by atoms with E-state index < -0.39 is 6.09 Å². The predicted octanol–water partition coefficient (Wildman–Crippen LogP) is 7.49. The van der Waals surface area contributed by atoms with Crippen LogP contribution in [-0.2, 0) is 4.74 Å². The zero-order valence-corrected chi connectivity index (χ0v) is 20.8. The van der Waals surface area contributed by atoms with E-state index in [0.717, 1.165) is 54.8 Å². The van der Waals surface area contributed by atoms with E-state index in [1.807, 2.05) is 0 Å². The van der Waals surface area contributed by atoms with E-state index in [0.29, 0.717) is 10.8 Å². The van der Waals surface area contributed by atoms with Gasteiger partial charge in [-0.1, -0.05) is 65.5 Å². The molecule has 4 aliphatic rings. The number of nitrogens with two attached hydrogens (primary N) is 1. The summed E-state index contributed by atoms with van der Waals surface area (Å²) in [5.41, 5.74) is 7.72. The summed E-state index contributed by atoms with van der Waals surface area (Å²) in [6.45, 7) is 12.5. The molecule has 0 unspecified atom stereocenters. The highest BCUT2D eigenvalue weighted by Crippen LogP contribution is 2.67. The molecule has 3 nitrogen and oxygen atoms in total. The number of rotatable bonds is 6. The van der Waals surface area contributed by atoms with Crippen LogP contribution in [0.15, 0.2) is 11.6 Å². The molecule has 3 fully saturated rings. The van der Waals surface area contributed by atoms with Crippen molar-refractivity contribution in [2.45, 2.75) is 111 Å². The minimum atomic E-state index is -0.615. The van der Waals surface area contributed by atoms with Crippen molar-refractivity contribution in [1.29, 1.82) is 0 Å². The average molecular weight is 430 g/mol. The number of ether oxygens (including phenoxy) is 1. The Labute approximate surface area is 190 Å². The topological polar surface area (TPSA) is 52.3 Å². The zero-order chi connectivity index (χ0) is 22.4. The Hall–Kier alpha value is -0.990. The summed E-state index contributed by atoms with van der Waals surface area (Å²) in [7, 11) is 0. The van der Waals surface area contributed by atoms with Gasteiger partial charge < -0.3 is 10.5 Å². The van der Waals surface area contributed by atoms with Crippen molar-refractivity contribution >= 4 is 6.09 Å². The highest BCUT2D eigenvalue weighted by Gasteiger charge is 2.59. The fourth-order valence-corrected chi connectivity index (χ4v) is 8.92. The molecule has 0 aromatic carbocycles. The lowest BCUT2D eigenvalue weighted by atomic mass is 9.47. The van der Waals surface area contributed by atoms with E-state index in [-0.39, 0.29) is 6.10 Å². The predicted molar refractivity (Wildman–Crippen MR) is 128 cm³/mol. The fraction of sp³-hybridized carbons (Fsp3) is 0.893. The SMILES string of the molecule is CC(C)CCC[C@H](C)[C@H]1CC[C@H]2[C@@H]3CC=C4C[C@@H](OC(N)=O)CC[C@]4(C)[C@H]3CC[C@]12C. The highest BCUT2D eigenvalue weighted by atomic mass is 16.6. The molecular weight excluding hydrogens is 382 g/mol. The molecule has 0 aromatic rings. The van der Waals surface area contributed by atoms with Crippen LogP contribution >= 0.6 is 0 Å². The molecule has 2 N–H and O–H groups in total. The summed E-state index contributed by atoms with van der Waals surface area (Å²) in [6, 6.07) is 0. The molecule has 3 saturated carbocycles. The maximum Gasteiger partial charge on any atom is 0.404 e. The summed E-state index contributed by atoms with van der Waals surface area (Å²) in [6.07, 6.45) is 16.1. The molecule has 1 amide bonds. The highest BCUT2D eigenvalue weighted by molar-refractivity contribution is 5.64. The van der Waals surface area contributed by atoms with Gasteiger partial charge in [-0.15, -0.1) is 0 Å². The first kappa shape index (κ1) is 23.2. The summed E-state index contributed by atoms with van der Waals surface area (Å²) < 4.78 is 5.39. The number of carbonyl (C=O) groups excluding carboxylic acids is 1. The van der Waals surface area contributed by atoms with Crippen LogP contribution in [0.2, 0.25) is 0 Å². The van der Waals surface area contributed by atoms with E-state index in [2.05, 4.69) is 40.7 Å². The van der Waals surface area contributed by atoms with Crippen LogP contribution in [0.1, 0.15) is 105 Å². The molecule has 31 heavy (non-hydrogen) atoms. The minimum Gasteiger partial charge on any atom is -0.446 e. The third-order valence-electron chi connectivity index (χ3n) is 10.5. The molecule has 0 saturated heterocycles. The van der Waals surface area contributed by atoms with Crippen molar-refractivity contribution in [1.82, 2.24) is 0 Å². The Balaban J connectivity index is 1.47. The maximum atomic E-state index is 11.3. The van der Waals surface area contributed by atoms with Gasteiger partial charge in [0.15, 0.2) is 0 Å². The van der Waals surface area contributed by atoms with Gasteiger partial charge in [0, 0.05) is 6.42 Å². The molecule has 176 valence electrons. The van der Waals surface area contributed by atoms with Gasteiger partial charge in [-0.2, -0.15) is 0 Å². The van der Waals surface area contributed by atoms with Crippen molar-refractivity contribution in [2.75, 3.05) is 0 Å². The van der Waals surface area contributed by atoms with Crippen LogP contribution in [0, 0.1) is 46.3 Å². The molecule has 8 atom stereocenters. The van der Waals surface area contributed by atoms with Gasteiger partial charge >= 0.3 is 6.09 Å². The lowest BCUT2D eigenvalue weighted by Gasteiger charge is -2.58. The fourth-order valence-electron chi connectivity index (χ4n) is 8.92. The Bertz CT molecular complexity index is 699. The second kappa shape index (κ2) is 8.75. The van der Waals surface area contributed by atoms with E-state index in [1.54, 1.807) is 5.57 Å². The summed E-state index contributed by atoms with van der Waals surface area (Å²) in [4.78, 5) is 11.3. The third kappa shape index (κ3) is 4.20. The molecular formula is C28H47NO2.